The Morgan fingerprint density at radius 1 is 0.600 bits per heavy atom. The lowest BCUT2D eigenvalue weighted by Gasteiger charge is -2.07. The van der Waals surface area contributed by atoms with Crippen molar-refractivity contribution in [3.8, 4) is 0 Å². The molecular formula is C10H5F15. The van der Waals surface area contributed by atoms with Crippen LogP contribution in [0.1, 0.15) is 12.8 Å². The van der Waals surface area contributed by atoms with Crippen LogP contribution in [0.2, 0.25) is 0 Å². The Bertz CT molecular complexity index is 467. The molecule has 0 fully saturated rings. The fourth-order valence-corrected chi connectivity index (χ4v) is 0.827. The zero-order chi connectivity index (χ0) is 20.9. The third-order valence-electron chi connectivity index (χ3n) is 1.53. The van der Waals surface area contributed by atoms with Crippen LogP contribution in [0.25, 0.3) is 0 Å². The monoisotopic (exact) mass is 410 g/mol. The van der Waals surface area contributed by atoms with E-state index in [0.29, 0.717) is 0 Å². The SMILES string of the molecule is F/C(CC(F)(F)F)=C(\F)C(F)(F)F.FC(=CC(F)(F)F)CC(F)(F)F. The van der Waals surface area contributed by atoms with E-state index >= 15 is 0 Å². The van der Waals surface area contributed by atoms with Crippen LogP contribution in [0, 0.1) is 0 Å². The molecule has 0 aromatic heterocycles. The lowest BCUT2D eigenvalue weighted by atomic mass is 10.3. The molecule has 15 heteroatoms. The molecule has 0 saturated carbocycles. The normalized spacial score (nSPS) is 15.4. The van der Waals surface area contributed by atoms with E-state index in [0.717, 1.165) is 0 Å². The zero-order valence-corrected chi connectivity index (χ0v) is 11.2. The summed E-state index contributed by atoms with van der Waals surface area (Å²) in [6.45, 7) is 0. The molecule has 0 bridgehead atoms. The molecule has 0 aliphatic heterocycles. The molecule has 0 unspecified atom stereocenters. The number of alkyl halides is 12. The molecule has 0 saturated heterocycles. The maximum atomic E-state index is 11.9. The molecule has 150 valence electrons. The van der Waals surface area contributed by atoms with Gasteiger partial charge < -0.3 is 0 Å². The number of halogens is 15. The van der Waals surface area contributed by atoms with Crippen LogP contribution in [-0.4, -0.2) is 24.7 Å². The summed E-state index contributed by atoms with van der Waals surface area (Å²) in [6.07, 6.45) is -26.7. The molecular weight excluding hydrogens is 405 g/mol. The van der Waals surface area contributed by atoms with Crippen molar-refractivity contribution in [2.75, 3.05) is 0 Å². The van der Waals surface area contributed by atoms with Crippen molar-refractivity contribution >= 4 is 0 Å². The highest BCUT2D eigenvalue weighted by atomic mass is 19.4. The molecule has 0 spiro atoms. The summed E-state index contributed by atoms with van der Waals surface area (Å²) in [6, 6.07) is 0. The minimum atomic E-state index is -5.71. The summed E-state index contributed by atoms with van der Waals surface area (Å²) in [5, 5.41) is 0. The van der Waals surface area contributed by atoms with Crippen LogP contribution in [0.4, 0.5) is 65.9 Å². The third kappa shape index (κ3) is 17.1. The van der Waals surface area contributed by atoms with Gasteiger partial charge in [0.2, 0.25) is 5.83 Å². The Morgan fingerprint density at radius 3 is 1.20 bits per heavy atom. The predicted molar refractivity (Wildman–Crippen MR) is 51.9 cm³/mol. The molecule has 0 N–H and O–H groups in total. The second-order valence-corrected chi connectivity index (χ2v) is 3.93. The highest BCUT2D eigenvalue weighted by Gasteiger charge is 2.41. The molecule has 0 radical (unpaired) electrons. The average Bonchev–Trinajstić information content (AvgIpc) is 2.19. The second-order valence-electron chi connectivity index (χ2n) is 3.93. The first kappa shape index (κ1) is 25.7. The first-order chi connectivity index (χ1) is 10.6. The van der Waals surface area contributed by atoms with Gasteiger partial charge in [0.15, 0.2) is 0 Å². The van der Waals surface area contributed by atoms with Gasteiger partial charge in [-0.05, 0) is 0 Å². The van der Waals surface area contributed by atoms with Crippen molar-refractivity contribution in [3.63, 3.8) is 0 Å². The van der Waals surface area contributed by atoms with Crippen LogP contribution in [0.5, 0.6) is 0 Å². The van der Waals surface area contributed by atoms with Crippen LogP contribution in [0.3, 0.4) is 0 Å². The minimum absolute atomic E-state index is 1.01. The fourth-order valence-electron chi connectivity index (χ4n) is 0.827. The maximum Gasteiger partial charge on any atom is 0.445 e. The van der Waals surface area contributed by atoms with E-state index in [-0.39, 0.29) is 0 Å². The summed E-state index contributed by atoms with van der Waals surface area (Å²) in [7, 11) is 0. The first-order valence-corrected chi connectivity index (χ1v) is 5.33. The van der Waals surface area contributed by atoms with E-state index in [1.807, 2.05) is 0 Å². The minimum Gasteiger partial charge on any atom is -0.211 e. The highest BCUT2D eigenvalue weighted by molar-refractivity contribution is 5.06. The zero-order valence-electron chi connectivity index (χ0n) is 11.2. The van der Waals surface area contributed by atoms with Gasteiger partial charge in [-0.3, -0.25) is 0 Å². The summed E-state index contributed by atoms with van der Waals surface area (Å²) < 4.78 is 170. The Kier molecular flexibility index (Phi) is 8.92. The first-order valence-electron chi connectivity index (χ1n) is 5.33. The topological polar surface area (TPSA) is 0 Å². The largest absolute Gasteiger partial charge is 0.445 e. The lowest BCUT2D eigenvalue weighted by molar-refractivity contribution is -0.136. The number of rotatable bonds is 2. The second kappa shape index (κ2) is 8.69. The summed E-state index contributed by atoms with van der Waals surface area (Å²) in [5.74, 6) is -8.44. The van der Waals surface area contributed by atoms with Gasteiger partial charge in [0.05, 0.1) is 18.9 Å². The van der Waals surface area contributed by atoms with Gasteiger partial charge in [-0.15, -0.1) is 0 Å². The van der Waals surface area contributed by atoms with E-state index in [2.05, 4.69) is 0 Å². The fraction of sp³-hybridized carbons (Fsp3) is 0.600. The summed E-state index contributed by atoms with van der Waals surface area (Å²) in [5.41, 5.74) is 0. The summed E-state index contributed by atoms with van der Waals surface area (Å²) >= 11 is 0. The van der Waals surface area contributed by atoms with E-state index < -0.39 is 61.1 Å². The maximum absolute atomic E-state index is 11.9. The van der Waals surface area contributed by atoms with E-state index in [9.17, 15) is 65.9 Å². The molecule has 0 nitrogen and oxygen atoms in total. The van der Waals surface area contributed by atoms with Crippen molar-refractivity contribution in [1.29, 1.82) is 0 Å². The molecule has 0 rings (SSSR count). The van der Waals surface area contributed by atoms with Crippen LogP contribution in [-0.2, 0) is 0 Å². The number of allylic oxidation sites excluding steroid dienone is 4. The molecule has 0 aromatic rings. The number of hydrogen-bond donors (Lipinski definition) is 0. The summed E-state index contributed by atoms with van der Waals surface area (Å²) in [4.78, 5) is 0. The Hall–Kier alpha value is -1.57. The lowest BCUT2D eigenvalue weighted by Crippen LogP contribution is -2.13. The highest BCUT2D eigenvalue weighted by Crippen LogP contribution is 2.34. The predicted octanol–water partition coefficient (Wildman–Crippen LogP) is 7.01. The van der Waals surface area contributed by atoms with Crippen molar-refractivity contribution in [3.05, 3.63) is 23.6 Å². The molecule has 0 atom stereocenters. The van der Waals surface area contributed by atoms with Gasteiger partial charge in [0.1, 0.15) is 11.7 Å². The Balaban J connectivity index is 0. The smallest absolute Gasteiger partial charge is 0.211 e. The van der Waals surface area contributed by atoms with Gasteiger partial charge >= 0.3 is 24.7 Å². The van der Waals surface area contributed by atoms with E-state index in [1.54, 1.807) is 0 Å². The standard InChI is InChI=1S/C5H2F8.C5H3F7/c6-2(1-4(8,9)10)3(7)5(11,12)13;6-3(1-4(7,8)9)2-5(10,11)12/h1H2;1H,2H2/b3-2-;. The van der Waals surface area contributed by atoms with Crippen LogP contribution in [0.15, 0.2) is 23.6 Å². The molecule has 0 aliphatic carbocycles. The van der Waals surface area contributed by atoms with Gasteiger partial charge in [0.25, 0.3) is 0 Å². The quantitative estimate of drug-likeness (QED) is 0.430. The van der Waals surface area contributed by atoms with Crippen molar-refractivity contribution in [2.45, 2.75) is 37.5 Å². The van der Waals surface area contributed by atoms with Gasteiger partial charge in [-0.2, -0.15) is 57.1 Å². The molecule has 25 heavy (non-hydrogen) atoms. The molecule has 0 aromatic carbocycles. The van der Waals surface area contributed by atoms with Crippen molar-refractivity contribution < 1.29 is 65.9 Å². The van der Waals surface area contributed by atoms with E-state index in [4.69, 9.17) is 0 Å². The van der Waals surface area contributed by atoms with Gasteiger partial charge in [-0.1, -0.05) is 0 Å². The van der Waals surface area contributed by atoms with Gasteiger partial charge in [0, 0.05) is 0 Å². The van der Waals surface area contributed by atoms with E-state index in [1.165, 1.54) is 0 Å². The molecule has 0 amide bonds. The van der Waals surface area contributed by atoms with Crippen molar-refractivity contribution in [2.24, 2.45) is 0 Å². The molecule has 0 aliphatic rings. The average molecular weight is 410 g/mol. The Morgan fingerprint density at radius 2 is 0.960 bits per heavy atom. The third-order valence-corrected chi connectivity index (χ3v) is 1.53. The molecule has 0 heterocycles. The number of hydrogen-bond acceptors (Lipinski definition) is 0. The Labute approximate surface area is 128 Å². The van der Waals surface area contributed by atoms with Gasteiger partial charge in [-0.25, -0.2) is 8.78 Å². The van der Waals surface area contributed by atoms with Crippen molar-refractivity contribution in [1.82, 2.24) is 0 Å². The van der Waals surface area contributed by atoms with Crippen LogP contribution >= 0.6 is 0 Å². The van der Waals surface area contributed by atoms with Crippen LogP contribution < -0.4 is 0 Å².